The predicted molar refractivity (Wildman–Crippen MR) is 45.3 cm³/mol. The number of allylic oxidation sites excluding steroid dienone is 1. The van der Waals surface area contributed by atoms with Crippen molar-refractivity contribution in [3.8, 4) is 0 Å². The van der Waals surface area contributed by atoms with Gasteiger partial charge in [-0.2, -0.15) is 0 Å². The van der Waals surface area contributed by atoms with Crippen molar-refractivity contribution in [2.45, 2.75) is 32.8 Å². The Kier molecular flexibility index (Phi) is 5.75. The normalized spacial score (nSPS) is 16.6. The molecular formula is C9H16O2. The van der Waals surface area contributed by atoms with Gasteiger partial charge >= 0.3 is 0 Å². The van der Waals surface area contributed by atoms with Crippen LogP contribution in [0.25, 0.3) is 0 Å². The van der Waals surface area contributed by atoms with E-state index in [0.717, 1.165) is 19.1 Å². The predicted octanol–water partition coefficient (Wildman–Crippen LogP) is 1.54. The number of hydrogen-bond acceptors (Lipinski definition) is 2. The Hall–Kier alpha value is -0.630. The Morgan fingerprint density at radius 3 is 2.64 bits per heavy atom. The second-order valence-corrected chi connectivity index (χ2v) is 2.74. The molecule has 0 saturated carbocycles. The number of carbonyl (C=O) groups excluding carboxylic acids is 1. The van der Waals surface area contributed by atoms with Gasteiger partial charge in [0, 0.05) is 5.92 Å². The van der Waals surface area contributed by atoms with E-state index in [1.165, 1.54) is 6.08 Å². The van der Waals surface area contributed by atoms with Gasteiger partial charge in [0.1, 0.15) is 6.29 Å². The third-order valence-electron chi connectivity index (χ3n) is 1.68. The smallest absolute Gasteiger partial charge is 0.142 e. The molecule has 0 bridgehead atoms. The maximum atomic E-state index is 9.92. The average molecular weight is 156 g/mol. The first kappa shape index (κ1) is 10.4. The highest BCUT2D eigenvalue weighted by Crippen LogP contribution is 2.09. The van der Waals surface area contributed by atoms with Crippen molar-refractivity contribution in [3.05, 3.63) is 12.2 Å². The van der Waals surface area contributed by atoms with Crippen LogP contribution in [-0.4, -0.2) is 17.5 Å². The minimum Gasteiger partial charge on any atom is -0.393 e. The lowest BCUT2D eigenvalue weighted by molar-refractivity contribution is -0.104. The summed E-state index contributed by atoms with van der Waals surface area (Å²) in [6.45, 7) is 3.93. The van der Waals surface area contributed by atoms with Crippen molar-refractivity contribution < 1.29 is 9.90 Å². The fourth-order valence-corrected chi connectivity index (χ4v) is 0.908. The second-order valence-electron chi connectivity index (χ2n) is 2.74. The van der Waals surface area contributed by atoms with E-state index in [0.29, 0.717) is 0 Å². The zero-order valence-corrected chi connectivity index (χ0v) is 7.16. The van der Waals surface area contributed by atoms with Crippen LogP contribution in [0.3, 0.4) is 0 Å². The molecule has 2 nitrogen and oxygen atoms in total. The molecular weight excluding hydrogens is 140 g/mol. The van der Waals surface area contributed by atoms with Crippen LogP contribution in [0.2, 0.25) is 0 Å². The Labute approximate surface area is 67.9 Å². The first-order chi connectivity index (χ1) is 5.22. The Morgan fingerprint density at radius 2 is 2.18 bits per heavy atom. The van der Waals surface area contributed by atoms with Gasteiger partial charge in [0.2, 0.25) is 0 Å². The second kappa shape index (κ2) is 6.10. The highest BCUT2D eigenvalue weighted by atomic mass is 16.3. The molecule has 2 unspecified atom stereocenters. The van der Waals surface area contributed by atoms with Crippen molar-refractivity contribution in [1.82, 2.24) is 0 Å². The summed E-state index contributed by atoms with van der Waals surface area (Å²) in [6, 6.07) is 0. The van der Waals surface area contributed by atoms with E-state index in [1.54, 1.807) is 6.08 Å². The van der Waals surface area contributed by atoms with Gasteiger partial charge in [-0.1, -0.05) is 26.3 Å². The minimum atomic E-state index is -0.309. The lowest BCUT2D eigenvalue weighted by Crippen LogP contribution is -2.14. The van der Waals surface area contributed by atoms with Gasteiger partial charge in [-0.05, 0) is 12.5 Å². The van der Waals surface area contributed by atoms with Crippen molar-refractivity contribution in [2.24, 2.45) is 5.92 Å². The molecule has 1 N–H and O–H groups in total. The largest absolute Gasteiger partial charge is 0.393 e. The third-order valence-corrected chi connectivity index (χ3v) is 1.68. The van der Waals surface area contributed by atoms with Crippen molar-refractivity contribution in [1.29, 1.82) is 0 Å². The number of carbonyl (C=O) groups is 1. The van der Waals surface area contributed by atoms with E-state index in [9.17, 15) is 9.90 Å². The summed E-state index contributed by atoms with van der Waals surface area (Å²) in [5.41, 5.74) is 0. The van der Waals surface area contributed by atoms with Crippen LogP contribution >= 0.6 is 0 Å². The van der Waals surface area contributed by atoms with Crippen molar-refractivity contribution >= 4 is 6.29 Å². The Balaban J connectivity index is 3.71. The molecule has 0 aliphatic rings. The SMILES string of the molecule is CCCC(O)C(C)C=CC=O. The van der Waals surface area contributed by atoms with Gasteiger partial charge in [0.25, 0.3) is 0 Å². The Bertz CT molecular complexity index is 130. The van der Waals surface area contributed by atoms with Crippen molar-refractivity contribution in [2.75, 3.05) is 0 Å². The van der Waals surface area contributed by atoms with E-state index in [1.807, 2.05) is 13.8 Å². The van der Waals surface area contributed by atoms with E-state index in [4.69, 9.17) is 0 Å². The van der Waals surface area contributed by atoms with Crippen LogP contribution < -0.4 is 0 Å². The topological polar surface area (TPSA) is 37.3 Å². The molecule has 2 heteroatoms. The quantitative estimate of drug-likeness (QED) is 0.484. The van der Waals surface area contributed by atoms with Gasteiger partial charge < -0.3 is 5.11 Å². The van der Waals surface area contributed by atoms with E-state index < -0.39 is 0 Å². The molecule has 64 valence electrons. The van der Waals surface area contributed by atoms with Crippen LogP contribution in [0.4, 0.5) is 0 Å². The van der Waals surface area contributed by atoms with Crippen molar-refractivity contribution in [3.63, 3.8) is 0 Å². The highest BCUT2D eigenvalue weighted by Gasteiger charge is 2.08. The first-order valence-corrected chi connectivity index (χ1v) is 4.02. The van der Waals surface area contributed by atoms with Gasteiger partial charge in [-0.15, -0.1) is 0 Å². The summed E-state index contributed by atoms with van der Waals surface area (Å²) in [6.07, 6.45) is 5.35. The van der Waals surface area contributed by atoms with Gasteiger partial charge in [0.05, 0.1) is 6.10 Å². The van der Waals surface area contributed by atoms with E-state index >= 15 is 0 Å². The van der Waals surface area contributed by atoms with Gasteiger partial charge in [-0.25, -0.2) is 0 Å². The number of aliphatic hydroxyl groups excluding tert-OH is 1. The van der Waals surface area contributed by atoms with Crippen LogP contribution in [-0.2, 0) is 4.79 Å². The molecule has 0 fully saturated rings. The fraction of sp³-hybridized carbons (Fsp3) is 0.667. The molecule has 0 rings (SSSR count). The molecule has 0 aliphatic heterocycles. The Morgan fingerprint density at radius 1 is 1.55 bits per heavy atom. The van der Waals surface area contributed by atoms with Crippen LogP contribution in [0.5, 0.6) is 0 Å². The molecule has 0 saturated heterocycles. The van der Waals surface area contributed by atoms with Crippen LogP contribution in [0, 0.1) is 5.92 Å². The average Bonchev–Trinajstić information content (AvgIpc) is 2.00. The lowest BCUT2D eigenvalue weighted by atomic mass is 10.0. The van der Waals surface area contributed by atoms with Crippen LogP contribution in [0.1, 0.15) is 26.7 Å². The monoisotopic (exact) mass is 156 g/mol. The standard InChI is InChI=1S/C9H16O2/c1-3-5-9(11)8(2)6-4-7-10/h4,6-9,11H,3,5H2,1-2H3. The zero-order chi connectivity index (χ0) is 8.69. The number of rotatable bonds is 5. The summed E-state index contributed by atoms with van der Waals surface area (Å²) >= 11 is 0. The molecule has 0 spiro atoms. The molecule has 0 heterocycles. The van der Waals surface area contributed by atoms with Gasteiger partial charge in [-0.3, -0.25) is 4.79 Å². The summed E-state index contributed by atoms with van der Waals surface area (Å²) in [5.74, 6) is 0.0835. The summed E-state index contributed by atoms with van der Waals surface area (Å²) in [7, 11) is 0. The highest BCUT2D eigenvalue weighted by molar-refractivity contribution is 5.64. The maximum absolute atomic E-state index is 9.92. The number of aliphatic hydroxyl groups is 1. The zero-order valence-electron chi connectivity index (χ0n) is 7.16. The number of hydrogen-bond donors (Lipinski definition) is 1. The minimum absolute atomic E-state index is 0.0835. The first-order valence-electron chi connectivity index (χ1n) is 4.02. The number of aldehydes is 1. The summed E-state index contributed by atoms with van der Waals surface area (Å²) in [5, 5.41) is 9.38. The third kappa shape index (κ3) is 4.73. The molecule has 0 amide bonds. The van der Waals surface area contributed by atoms with Crippen LogP contribution in [0.15, 0.2) is 12.2 Å². The molecule has 0 radical (unpaired) electrons. The fourth-order valence-electron chi connectivity index (χ4n) is 0.908. The molecule has 2 atom stereocenters. The van der Waals surface area contributed by atoms with E-state index in [-0.39, 0.29) is 12.0 Å². The molecule has 0 aromatic rings. The summed E-state index contributed by atoms with van der Waals surface area (Å²) in [4.78, 5) is 9.92. The maximum Gasteiger partial charge on any atom is 0.142 e. The summed E-state index contributed by atoms with van der Waals surface area (Å²) < 4.78 is 0. The molecule has 0 aromatic carbocycles. The van der Waals surface area contributed by atoms with E-state index in [2.05, 4.69) is 0 Å². The lowest BCUT2D eigenvalue weighted by Gasteiger charge is -2.13. The molecule has 0 aromatic heterocycles. The molecule has 11 heavy (non-hydrogen) atoms. The van der Waals surface area contributed by atoms with Gasteiger partial charge in [0.15, 0.2) is 0 Å². The molecule has 0 aliphatic carbocycles.